The minimum absolute atomic E-state index is 0.0757. The van der Waals surface area contributed by atoms with Crippen LogP contribution in [0.3, 0.4) is 0 Å². The molecule has 0 heterocycles. The van der Waals surface area contributed by atoms with Gasteiger partial charge in [-0.15, -0.1) is 11.8 Å². The van der Waals surface area contributed by atoms with Crippen molar-refractivity contribution in [3.05, 3.63) is 65.7 Å². The number of benzene rings is 2. The van der Waals surface area contributed by atoms with E-state index in [0.29, 0.717) is 0 Å². The Bertz CT molecular complexity index is 538. The molecule has 2 aromatic rings. The molecular formula is C17H21NOS. The Hall–Kier alpha value is -1.29. The summed E-state index contributed by atoms with van der Waals surface area (Å²) in [5, 5.41) is 13.2. The van der Waals surface area contributed by atoms with Gasteiger partial charge in [-0.25, -0.2) is 0 Å². The van der Waals surface area contributed by atoms with E-state index in [1.54, 1.807) is 11.8 Å². The molecule has 0 spiro atoms. The molecule has 0 radical (unpaired) electrons. The van der Waals surface area contributed by atoms with E-state index in [1.807, 2.05) is 25.2 Å². The van der Waals surface area contributed by atoms with Crippen molar-refractivity contribution in [1.82, 2.24) is 5.32 Å². The first-order chi connectivity index (χ1) is 9.70. The number of likely N-dealkylation sites (N-methyl/N-ethyl adjacent to an activating group) is 1. The van der Waals surface area contributed by atoms with Crippen LogP contribution < -0.4 is 5.32 Å². The van der Waals surface area contributed by atoms with Gasteiger partial charge in [0.05, 0.1) is 12.1 Å². The highest BCUT2D eigenvalue weighted by Crippen LogP contribution is 2.29. The molecule has 3 heteroatoms. The summed E-state index contributed by atoms with van der Waals surface area (Å²) in [5.41, 5.74) is 1.97. The van der Waals surface area contributed by atoms with Gasteiger partial charge in [0.15, 0.2) is 0 Å². The first-order valence-electron chi connectivity index (χ1n) is 6.75. The van der Waals surface area contributed by atoms with Crippen LogP contribution in [0.25, 0.3) is 0 Å². The Balaban J connectivity index is 2.18. The van der Waals surface area contributed by atoms with Crippen LogP contribution in [0.15, 0.2) is 59.5 Å². The molecule has 0 aliphatic heterocycles. The van der Waals surface area contributed by atoms with Crippen molar-refractivity contribution in [2.45, 2.75) is 17.4 Å². The monoisotopic (exact) mass is 287 g/mol. The largest absolute Gasteiger partial charge is 0.394 e. The SMILES string of the molecule is CNC(CO)(CSc1cccc(C)c1)c1ccccc1. The van der Waals surface area contributed by atoms with E-state index in [9.17, 15) is 5.11 Å². The maximum absolute atomic E-state index is 9.89. The number of nitrogens with one attached hydrogen (secondary N) is 1. The van der Waals surface area contributed by atoms with Crippen molar-refractivity contribution >= 4 is 11.8 Å². The second-order valence-corrected chi connectivity index (χ2v) is 6.01. The van der Waals surface area contributed by atoms with E-state index in [1.165, 1.54) is 10.5 Å². The first-order valence-corrected chi connectivity index (χ1v) is 7.73. The predicted octanol–water partition coefficient (Wildman–Crippen LogP) is 3.19. The van der Waals surface area contributed by atoms with Crippen molar-refractivity contribution in [3.8, 4) is 0 Å². The van der Waals surface area contributed by atoms with Gasteiger partial charge in [-0.2, -0.15) is 0 Å². The second-order valence-electron chi connectivity index (χ2n) is 4.96. The van der Waals surface area contributed by atoms with Crippen LogP contribution in [0.1, 0.15) is 11.1 Å². The molecule has 0 bridgehead atoms. The van der Waals surface area contributed by atoms with Crippen LogP contribution in [0.5, 0.6) is 0 Å². The molecule has 1 unspecified atom stereocenters. The molecule has 2 nitrogen and oxygen atoms in total. The number of hydrogen-bond donors (Lipinski definition) is 2. The topological polar surface area (TPSA) is 32.3 Å². The molecule has 2 N–H and O–H groups in total. The summed E-state index contributed by atoms with van der Waals surface area (Å²) in [6.07, 6.45) is 0. The van der Waals surface area contributed by atoms with Crippen molar-refractivity contribution in [2.24, 2.45) is 0 Å². The lowest BCUT2D eigenvalue weighted by atomic mass is 9.93. The fraction of sp³-hybridized carbons (Fsp3) is 0.294. The van der Waals surface area contributed by atoms with Gasteiger partial charge >= 0.3 is 0 Å². The third-order valence-electron chi connectivity index (χ3n) is 3.55. The second kappa shape index (κ2) is 6.93. The first kappa shape index (κ1) is 15.1. The van der Waals surface area contributed by atoms with Gasteiger partial charge in [0.1, 0.15) is 0 Å². The third-order valence-corrected chi connectivity index (χ3v) is 4.77. The Morgan fingerprint density at radius 3 is 2.45 bits per heavy atom. The average Bonchev–Trinajstić information content (AvgIpc) is 2.50. The highest BCUT2D eigenvalue weighted by atomic mass is 32.2. The molecule has 20 heavy (non-hydrogen) atoms. The van der Waals surface area contributed by atoms with E-state index in [0.717, 1.165) is 11.3 Å². The van der Waals surface area contributed by atoms with Crippen LogP contribution in [0.4, 0.5) is 0 Å². The molecule has 2 rings (SSSR count). The molecule has 0 aliphatic carbocycles. The third kappa shape index (κ3) is 3.42. The lowest BCUT2D eigenvalue weighted by molar-refractivity contribution is 0.187. The summed E-state index contributed by atoms with van der Waals surface area (Å²) < 4.78 is 0. The zero-order valence-corrected chi connectivity index (χ0v) is 12.8. The van der Waals surface area contributed by atoms with E-state index >= 15 is 0 Å². The number of hydrogen-bond acceptors (Lipinski definition) is 3. The van der Waals surface area contributed by atoms with E-state index < -0.39 is 5.54 Å². The quantitative estimate of drug-likeness (QED) is 0.800. The van der Waals surface area contributed by atoms with E-state index in [4.69, 9.17) is 0 Å². The number of rotatable bonds is 6. The number of aliphatic hydroxyl groups is 1. The van der Waals surface area contributed by atoms with Gasteiger partial charge < -0.3 is 10.4 Å². The van der Waals surface area contributed by atoms with E-state index in [2.05, 4.69) is 48.6 Å². The molecule has 0 saturated carbocycles. The average molecular weight is 287 g/mol. The zero-order chi connectivity index (χ0) is 14.4. The fourth-order valence-corrected chi connectivity index (χ4v) is 3.44. The lowest BCUT2D eigenvalue weighted by Crippen LogP contribution is -2.45. The van der Waals surface area contributed by atoms with Gasteiger partial charge in [-0.3, -0.25) is 0 Å². The van der Waals surface area contributed by atoms with Crippen molar-refractivity contribution in [3.63, 3.8) is 0 Å². The van der Waals surface area contributed by atoms with Gasteiger partial charge in [0.25, 0.3) is 0 Å². The highest BCUT2D eigenvalue weighted by Gasteiger charge is 2.29. The maximum Gasteiger partial charge on any atom is 0.0761 e. The molecule has 2 aromatic carbocycles. The fourth-order valence-electron chi connectivity index (χ4n) is 2.18. The van der Waals surface area contributed by atoms with Gasteiger partial charge in [-0.05, 0) is 31.7 Å². The zero-order valence-electron chi connectivity index (χ0n) is 12.0. The Morgan fingerprint density at radius 1 is 1.10 bits per heavy atom. The van der Waals surface area contributed by atoms with Crippen molar-refractivity contribution < 1.29 is 5.11 Å². The molecule has 0 aliphatic rings. The van der Waals surface area contributed by atoms with Gasteiger partial charge in [-0.1, -0.05) is 48.0 Å². The maximum atomic E-state index is 9.89. The summed E-state index contributed by atoms with van der Waals surface area (Å²) in [4.78, 5) is 1.23. The lowest BCUT2D eigenvalue weighted by Gasteiger charge is -2.32. The summed E-state index contributed by atoms with van der Waals surface area (Å²) >= 11 is 1.76. The molecule has 1 atom stereocenters. The summed E-state index contributed by atoms with van der Waals surface area (Å²) in [6, 6.07) is 18.6. The van der Waals surface area contributed by atoms with Crippen LogP contribution in [0, 0.1) is 6.92 Å². The summed E-state index contributed by atoms with van der Waals surface area (Å²) in [5.74, 6) is 0.785. The Morgan fingerprint density at radius 2 is 1.85 bits per heavy atom. The van der Waals surface area contributed by atoms with Gasteiger partial charge in [0.2, 0.25) is 0 Å². The summed E-state index contributed by atoms with van der Waals surface area (Å²) in [6.45, 7) is 2.17. The van der Waals surface area contributed by atoms with Crippen molar-refractivity contribution in [2.75, 3.05) is 19.4 Å². The van der Waals surface area contributed by atoms with Crippen LogP contribution in [0.2, 0.25) is 0 Å². The highest BCUT2D eigenvalue weighted by molar-refractivity contribution is 7.99. The molecular weight excluding hydrogens is 266 g/mol. The van der Waals surface area contributed by atoms with Crippen LogP contribution >= 0.6 is 11.8 Å². The van der Waals surface area contributed by atoms with Crippen molar-refractivity contribution in [1.29, 1.82) is 0 Å². The molecule has 0 amide bonds. The molecule has 0 fully saturated rings. The number of aliphatic hydroxyl groups excluding tert-OH is 1. The number of thioether (sulfide) groups is 1. The molecule has 106 valence electrons. The molecule has 0 aromatic heterocycles. The molecule has 0 saturated heterocycles. The predicted molar refractivity (Wildman–Crippen MR) is 86.2 cm³/mol. The van der Waals surface area contributed by atoms with Crippen LogP contribution in [-0.4, -0.2) is 24.5 Å². The normalized spacial score (nSPS) is 13.9. The van der Waals surface area contributed by atoms with E-state index in [-0.39, 0.29) is 6.61 Å². The summed E-state index contributed by atoms with van der Waals surface area (Å²) in [7, 11) is 1.90. The minimum atomic E-state index is -0.407. The smallest absolute Gasteiger partial charge is 0.0761 e. The number of aryl methyl sites for hydroxylation is 1. The van der Waals surface area contributed by atoms with Crippen LogP contribution in [-0.2, 0) is 5.54 Å². The van der Waals surface area contributed by atoms with Gasteiger partial charge in [0, 0.05) is 10.6 Å². The standard InChI is InChI=1S/C17H21NOS/c1-14-7-6-10-16(11-14)20-13-17(12-19,18-2)15-8-4-3-5-9-15/h3-11,18-19H,12-13H2,1-2H3. The minimum Gasteiger partial charge on any atom is -0.394 e. The Kier molecular flexibility index (Phi) is 5.24. The Labute approximate surface area is 125 Å².